The highest BCUT2D eigenvalue weighted by Gasteiger charge is 2.19. The fourth-order valence-corrected chi connectivity index (χ4v) is 3.45. The number of aromatic nitrogens is 2. The van der Waals surface area contributed by atoms with Gasteiger partial charge in [-0.3, -0.25) is 4.99 Å². The molecule has 2 aliphatic rings. The zero-order valence-electron chi connectivity index (χ0n) is 14.9. The lowest BCUT2D eigenvalue weighted by Crippen LogP contribution is -2.39. The van der Waals surface area contributed by atoms with E-state index >= 15 is 0 Å². The summed E-state index contributed by atoms with van der Waals surface area (Å²) in [6, 6.07) is 6.81. The summed E-state index contributed by atoms with van der Waals surface area (Å²) in [5.74, 6) is 1.73. The van der Waals surface area contributed by atoms with Gasteiger partial charge in [-0.2, -0.15) is 0 Å². The maximum Gasteiger partial charge on any atom is 0.140 e. The zero-order chi connectivity index (χ0) is 18.1. The molecule has 132 valence electrons. The lowest BCUT2D eigenvalue weighted by molar-refractivity contribution is 0.624. The monoisotopic (exact) mass is 348 g/mol. The first-order valence-electron chi connectivity index (χ1n) is 8.83. The average molecular weight is 348 g/mol. The molecule has 1 aliphatic heterocycles. The van der Waals surface area contributed by atoms with E-state index < -0.39 is 0 Å². The van der Waals surface area contributed by atoms with E-state index in [1.807, 2.05) is 43.6 Å². The van der Waals surface area contributed by atoms with Crippen molar-refractivity contribution in [1.29, 1.82) is 0 Å². The minimum Gasteiger partial charge on any atom is -0.362 e. The Morgan fingerprint density at radius 2 is 2.00 bits per heavy atom. The van der Waals surface area contributed by atoms with Gasteiger partial charge in [-0.15, -0.1) is 0 Å². The normalized spacial score (nSPS) is 20.9. The molecule has 0 bridgehead atoms. The molecule has 0 saturated heterocycles. The Hall–Kier alpha value is -2.82. The predicted octanol–water partition coefficient (Wildman–Crippen LogP) is 2.50. The van der Waals surface area contributed by atoms with E-state index in [2.05, 4.69) is 17.1 Å². The molecule has 2 atom stereocenters. The van der Waals surface area contributed by atoms with Crippen molar-refractivity contribution in [2.75, 3.05) is 19.0 Å². The molecule has 26 heavy (non-hydrogen) atoms. The van der Waals surface area contributed by atoms with E-state index in [0.717, 1.165) is 40.6 Å². The molecule has 0 N–H and O–H groups in total. The number of fused-ring (bicyclic) bond motifs is 1. The van der Waals surface area contributed by atoms with Crippen molar-refractivity contribution in [3.05, 3.63) is 64.3 Å². The van der Waals surface area contributed by atoms with Crippen LogP contribution >= 0.6 is 0 Å². The van der Waals surface area contributed by atoms with Crippen LogP contribution in [0.1, 0.15) is 36.1 Å². The van der Waals surface area contributed by atoms with Gasteiger partial charge in [0.05, 0.1) is 11.3 Å². The minimum atomic E-state index is -0.203. The van der Waals surface area contributed by atoms with Crippen LogP contribution in [0, 0.1) is 5.82 Å². The number of allylic oxidation sites excluding steroid dienone is 1. The highest BCUT2D eigenvalue weighted by Crippen LogP contribution is 2.25. The number of benzene rings is 1. The smallest absolute Gasteiger partial charge is 0.140 e. The van der Waals surface area contributed by atoms with Crippen molar-refractivity contribution in [3.63, 3.8) is 0 Å². The summed E-state index contributed by atoms with van der Waals surface area (Å²) in [5.41, 5.74) is 0.977. The quantitative estimate of drug-likeness (QED) is 0.856. The number of hydrogen-bond acceptors (Lipinski definition) is 4. The third-order valence-corrected chi connectivity index (χ3v) is 4.78. The fraction of sp³-hybridized carbons (Fsp3) is 0.286. The van der Waals surface area contributed by atoms with E-state index in [0.29, 0.717) is 0 Å². The summed E-state index contributed by atoms with van der Waals surface area (Å²) >= 11 is 0. The average Bonchev–Trinajstić information content (AvgIpc) is 2.67. The second-order valence-electron chi connectivity index (χ2n) is 6.89. The molecule has 4 nitrogen and oxygen atoms in total. The van der Waals surface area contributed by atoms with E-state index in [1.165, 1.54) is 6.07 Å². The molecule has 0 amide bonds. The van der Waals surface area contributed by atoms with Crippen molar-refractivity contribution in [1.82, 2.24) is 9.97 Å². The minimum absolute atomic E-state index is 0.110. The third kappa shape index (κ3) is 3.17. The van der Waals surface area contributed by atoms with Crippen LogP contribution in [0.4, 0.5) is 10.2 Å². The number of anilines is 1. The first-order chi connectivity index (χ1) is 12.6. The number of aliphatic imine (C=N–C) groups is 1. The van der Waals surface area contributed by atoms with Crippen molar-refractivity contribution >= 4 is 24.2 Å². The van der Waals surface area contributed by atoms with Gasteiger partial charge in [-0.25, -0.2) is 14.4 Å². The van der Waals surface area contributed by atoms with Gasteiger partial charge < -0.3 is 4.90 Å². The van der Waals surface area contributed by atoms with Crippen molar-refractivity contribution in [3.8, 4) is 0 Å². The largest absolute Gasteiger partial charge is 0.362 e. The second-order valence-corrected chi connectivity index (χ2v) is 6.89. The van der Waals surface area contributed by atoms with Gasteiger partial charge in [0.1, 0.15) is 17.5 Å². The van der Waals surface area contributed by atoms with Gasteiger partial charge in [0.15, 0.2) is 0 Å². The highest BCUT2D eigenvalue weighted by molar-refractivity contribution is 5.68. The summed E-state index contributed by atoms with van der Waals surface area (Å²) in [7, 11) is 3.97. The lowest BCUT2D eigenvalue weighted by atomic mass is 9.91. The van der Waals surface area contributed by atoms with E-state index in [1.54, 1.807) is 12.1 Å². The molecule has 5 heteroatoms. The van der Waals surface area contributed by atoms with Crippen LogP contribution in [0.3, 0.4) is 0 Å². The molecule has 1 aliphatic carbocycles. The second kappa shape index (κ2) is 6.83. The Kier molecular flexibility index (Phi) is 4.37. The fourth-order valence-electron chi connectivity index (χ4n) is 3.45. The lowest BCUT2D eigenvalue weighted by Gasteiger charge is -2.20. The summed E-state index contributed by atoms with van der Waals surface area (Å²) < 4.78 is 13.6. The van der Waals surface area contributed by atoms with Crippen molar-refractivity contribution in [2.45, 2.75) is 24.7 Å². The maximum absolute atomic E-state index is 13.6. The molecule has 0 fully saturated rings. The van der Waals surface area contributed by atoms with Gasteiger partial charge in [0.25, 0.3) is 0 Å². The van der Waals surface area contributed by atoms with Crippen LogP contribution in [0.5, 0.6) is 0 Å². The Labute approximate surface area is 152 Å². The maximum atomic E-state index is 13.6. The van der Waals surface area contributed by atoms with Crippen molar-refractivity contribution in [2.24, 2.45) is 4.99 Å². The summed E-state index contributed by atoms with van der Waals surface area (Å²) in [6.45, 7) is 0. The highest BCUT2D eigenvalue weighted by atomic mass is 19.1. The number of nitrogens with zero attached hydrogens (tertiary/aromatic N) is 4. The molecule has 4 rings (SSSR count). The van der Waals surface area contributed by atoms with Crippen LogP contribution < -0.4 is 15.5 Å². The van der Waals surface area contributed by atoms with Gasteiger partial charge in [0, 0.05) is 37.6 Å². The number of rotatable bonds is 3. The SMILES string of the molecule is CN(C)c1nc(C2C=NC=CC2)nc2c1=CC(c1cccc(F)c1)CC=2. The summed E-state index contributed by atoms with van der Waals surface area (Å²) in [5, 5.41) is 1.97. The summed E-state index contributed by atoms with van der Waals surface area (Å²) in [4.78, 5) is 15.9. The molecule has 2 unspecified atom stereocenters. The van der Waals surface area contributed by atoms with Crippen molar-refractivity contribution < 1.29 is 4.39 Å². The van der Waals surface area contributed by atoms with Gasteiger partial charge in [-0.1, -0.05) is 30.4 Å². The zero-order valence-corrected chi connectivity index (χ0v) is 14.9. The van der Waals surface area contributed by atoms with E-state index in [-0.39, 0.29) is 17.7 Å². The molecular formula is C21H21FN4. The first kappa shape index (κ1) is 16.6. The van der Waals surface area contributed by atoms with Crippen LogP contribution in [0.2, 0.25) is 0 Å². The van der Waals surface area contributed by atoms with Crippen LogP contribution in [0.25, 0.3) is 12.2 Å². The Balaban J connectivity index is 1.81. The van der Waals surface area contributed by atoms with Gasteiger partial charge in [-0.05, 0) is 30.5 Å². The van der Waals surface area contributed by atoms with Crippen LogP contribution in [-0.2, 0) is 0 Å². The molecule has 1 aromatic heterocycles. The molecule has 2 heterocycles. The Bertz CT molecular complexity index is 1010. The van der Waals surface area contributed by atoms with E-state index in [4.69, 9.17) is 9.97 Å². The van der Waals surface area contributed by atoms with Gasteiger partial charge in [0.2, 0.25) is 0 Å². The summed E-state index contributed by atoms with van der Waals surface area (Å²) in [6.07, 6.45) is 11.7. The molecule has 1 aromatic carbocycles. The molecule has 0 saturated carbocycles. The first-order valence-corrected chi connectivity index (χ1v) is 8.83. The Morgan fingerprint density at radius 1 is 1.12 bits per heavy atom. The standard InChI is InChI=1S/C21H21FN4/c1-26(2)21-18-12-15(14-5-3-7-17(22)11-14)8-9-19(18)24-20(25-21)16-6-4-10-23-13-16/h3-5,7,9-13,15-16H,6,8H2,1-2H3. The van der Waals surface area contributed by atoms with E-state index in [9.17, 15) is 4.39 Å². The topological polar surface area (TPSA) is 41.4 Å². The van der Waals surface area contributed by atoms with Gasteiger partial charge >= 0.3 is 0 Å². The molecular weight excluding hydrogens is 327 g/mol. The van der Waals surface area contributed by atoms with Crippen LogP contribution in [-0.4, -0.2) is 30.3 Å². The molecule has 2 aromatic rings. The number of halogens is 1. The molecule has 0 radical (unpaired) electrons. The van der Waals surface area contributed by atoms with Crippen LogP contribution in [0.15, 0.2) is 41.5 Å². The third-order valence-electron chi connectivity index (χ3n) is 4.78. The predicted molar refractivity (Wildman–Crippen MR) is 103 cm³/mol. The number of hydrogen-bond donors (Lipinski definition) is 0. The molecule has 0 spiro atoms. The Morgan fingerprint density at radius 3 is 2.73 bits per heavy atom.